The number of rotatable bonds is 1. The first-order valence-corrected chi connectivity index (χ1v) is 23.2. The zero-order valence-corrected chi connectivity index (χ0v) is 41.7. The topological polar surface area (TPSA) is 171 Å². The first-order chi connectivity index (χ1) is 32.4. The van der Waals surface area contributed by atoms with Gasteiger partial charge in [0, 0.05) is 40.3 Å². The Labute approximate surface area is 437 Å². The molecule has 371 valence electrons. The van der Waals surface area contributed by atoms with Crippen LogP contribution >= 0.6 is 0 Å². The maximum atomic E-state index is 12.7. The molecule has 12 rings (SSSR count). The molecule has 0 saturated carbocycles. The molecule has 6 aliphatic rings. The molecule has 0 aromatic heterocycles. The van der Waals surface area contributed by atoms with Crippen LogP contribution < -0.4 is 35.3 Å². The number of aliphatic hydroxyl groups is 3. The Hall–Kier alpha value is -4.85. The number of aliphatic hydroxyl groups excluding tert-OH is 3. The van der Waals surface area contributed by atoms with Crippen molar-refractivity contribution in [3.05, 3.63) is 212 Å². The number of ether oxygens (including phenoxy) is 1. The Kier molecular flexibility index (Phi) is 23.2. The third-order valence-corrected chi connectivity index (χ3v) is 12.8. The molecule has 6 N–H and O–H groups in total. The number of ketones is 1. The minimum absolute atomic E-state index is 0. The van der Waals surface area contributed by atoms with Crippen molar-refractivity contribution in [1.82, 2.24) is 0 Å². The van der Waals surface area contributed by atoms with E-state index in [2.05, 4.69) is 0 Å². The molecule has 6 aromatic carbocycles. The van der Waals surface area contributed by atoms with Gasteiger partial charge in [-0.3, -0.25) is 9.35 Å². The molecule has 17 heteroatoms. The van der Waals surface area contributed by atoms with E-state index in [-0.39, 0.29) is 98.7 Å². The summed E-state index contributed by atoms with van der Waals surface area (Å²) in [7, 11) is -3.02. The number of Topliss-reactive ketones (excluding diaryl/α,β-unsaturated/α-hetero) is 1. The second kappa shape index (κ2) is 27.3. The predicted octanol–water partition coefficient (Wildman–Crippen LogP) is 6.94. The standard InChI is InChI=1S/C9H10FNO.C9H7FO.C9H9FO.C9H7FO.C9H7F.C7H8O3S.CH4O.CH4.B.Na.H/c10-6-1-2-7-5(3-6)4-8(12)9(7)11;10-6-1-2-7-5(3-6)4-8-9(7)11-8;2*10-7-2-3-8-6(5-7)1-4-9(8)11;10-9-5-4-7-2-1-3-8(7)6-9;1-6-2-4-7(5-3-6)11(8,9)10;1-2;;;;/h1-3,8-9,12H,4,11H2;1-3,8-9H,4H2;2-3,5,9,11H,1,4H2;2-3,5H,1,4H2;1-2,4-6H,3H2;2-5H,1H3,(H,8,9,10);2H,1H3;1H4;;;/q;;;;;;;;;+1;-1/t2*8-,9+;;;;;;;;;/m00........./s1. The average molecular weight is 1010 g/mol. The van der Waals surface area contributed by atoms with Crippen molar-refractivity contribution >= 4 is 30.4 Å². The van der Waals surface area contributed by atoms with Gasteiger partial charge in [-0.15, -0.1) is 0 Å². The molecule has 0 spiro atoms. The maximum Gasteiger partial charge on any atom is 1.00 e. The quantitative estimate of drug-likeness (QED) is 0.0507. The number of carbonyl (C=O) groups is 1. The van der Waals surface area contributed by atoms with Crippen LogP contribution in [-0.4, -0.2) is 61.8 Å². The van der Waals surface area contributed by atoms with Crippen LogP contribution in [0.3, 0.4) is 0 Å². The summed E-state index contributed by atoms with van der Waals surface area (Å²) in [4.78, 5) is 11.0. The van der Waals surface area contributed by atoms with E-state index >= 15 is 0 Å². The Bertz CT molecular complexity index is 2860. The Morgan fingerprint density at radius 1 is 0.648 bits per heavy atom. The fraction of sp³-hybridized carbons (Fsp3) is 0.278. The average Bonchev–Trinajstić information content (AvgIpc) is 3.74. The Morgan fingerprint density at radius 2 is 1.15 bits per heavy atom. The molecule has 1 heterocycles. The van der Waals surface area contributed by atoms with Crippen molar-refractivity contribution in [2.75, 3.05) is 7.11 Å². The predicted molar refractivity (Wildman–Crippen MR) is 261 cm³/mol. The van der Waals surface area contributed by atoms with Crippen molar-refractivity contribution in [2.45, 2.75) is 94.6 Å². The molecule has 9 nitrogen and oxygen atoms in total. The monoisotopic (exact) mass is 1010 g/mol. The minimum atomic E-state index is -4.02. The van der Waals surface area contributed by atoms with Gasteiger partial charge in [-0.1, -0.05) is 61.5 Å². The second-order valence-electron chi connectivity index (χ2n) is 16.6. The molecule has 1 saturated heterocycles. The van der Waals surface area contributed by atoms with Gasteiger partial charge in [0.2, 0.25) is 0 Å². The van der Waals surface area contributed by atoms with Gasteiger partial charge in [-0.25, -0.2) is 22.0 Å². The van der Waals surface area contributed by atoms with Gasteiger partial charge in [0.15, 0.2) is 5.78 Å². The molecule has 6 aromatic rings. The zero-order valence-electron chi connectivity index (χ0n) is 39.8. The van der Waals surface area contributed by atoms with Gasteiger partial charge < -0.3 is 27.2 Å². The fourth-order valence-corrected chi connectivity index (χ4v) is 8.86. The van der Waals surface area contributed by atoms with E-state index in [1.165, 1.54) is 66.2 Å². The van der Waals surface area contributed by atoms with Crippen LogP contribution in [0, 0.1) is 36.0 Å². The van der Waals surface area contributed by atoms with Gasteiger partial charge in [0.1, 0.15) is 35.2 Å². The van der Waals surface area contributed by atoms with E-state index in [0.717, 1.165) is 82.9 Å². The smallest absolute Gasteiger partial charge is 1.00 e. The van der Waals surface area contributed by atoms with Gasteiger partial charge >= 0.3 is 29.6 Å². The van der Waals surface area contributed by atoms with E-state index in [1.54, 1.807) is 42.5 Å². The second-order valence-corrected chi connectivity index (χ2v) is 18.1. The van der Waals surface area contributed by atoms with Crippen LogP contribution in [0.15, 0.2) is 126 Å². The fourth-order valence-electron chi connectivity index (χ4n) is 8.38. The third kappa shape index (κ3) is 16.3. The van der Waals surface area contributed by atoms with E-state index in [4.69, 9.17) is 20.1 Å². The van der Waals surface area contributed by atoms with E-state index in [9.17, 15) is 45.4 Å². The summed E-state index contributed by atoms with van der Waals surface area (Å²) in [5.41, 5.74) is 16.3. The van der Waals surface area contributed by atoms with Crippen LogP contribution in [0.5, 0.6) is 0 Å². The third-order valence-electron chi connectivity index (χ3n) is 11.9. The van der Waals surface area contributed by atoms with Crippen molar-refractivity contribution < 1.29 is 90.8 Å². The molecule has 5 aliphatic carbocycles. The molecule has 0 amide bonds. The number of hydrogen-bond acceptors (Lipinski definition) is 8. The maximum absolute atomic E-state index is 12.7. The van der Waals surface area contributed by atoms with Gasteiger partial charge in [-0.05, 0) is 162 Å². The molecular formula is C54H57BF5NNaO8S. The number of allylic oxidation sites excluding steroid dienone is 1. The van der Waals surface area contributed by atoms with Crippen LogP contribution in [0.25, 0.3) is 6.08 Å². The first kappa shape index (κ1) is 60.5. The molecule has 1 fully saturated rings. The number of carbonyl (C=O) groups excluding carboxylic acids is 1. The molecule has 1 unspecified atom stereocenters. The van der Waals surface area contributed by atoms with Crippen LogP contribution in [0.1, 0.15) is 106 Å². The first-order valence-electron chi connectivity index (χ1n) is 21.8. The SMILES string of the molecule is C.CO.Cc1ccc(S(=O)(=O)O)cc1.Fc1ccc2c(c1)CC=C2.Fc1ccc2c(c1)C[C@@H]1O[C@H]21.N[C@@H]1c2ccc(F)cc2C[C@@H]1O.O=C1CCc2cc(F)ccc21.OC1CCc2cc(F)ccc21.[B].[H-].[Na+]. The summed E-state index contributed by atoms with van der Waals surface area (Å²) < 4.78 is 97.9. The van der Waals surface area contributed by atoms with E-state index in [0.29, 0.717) is 37.0 Å². The number of nitrogens with two attached hydrogens (primary N) is 1. The summed E-state index contributed by atoms with van der Waals surface area (Å²) in [6.07, 6.45) is 8.83. The van der Waals surface area contributed by atoms with Gasteiger partial charge in [-0.2, -0.15) is 8.42 Å². The number of aryl methyl sites for hydroxylation is 3. The summed E-state index contributed by atoms with van der Waals surface area (Å²) in [5.74, 6) is -0.862. The molecule has 0 bridgehead atoms. The number of hydrogen-bond donors (Lipinski definition) is 5. The van der Waals surface area contributed by atoms with Crippen molar-refractivity contribution in [2.24, 2.45) is 5.73 Å². The summed E-state index contributed by atoms with van der Waals surface area (Å²) in [6.45, 7) is 1.84. The normalized spacial score (nSPS) is 19.0. The van der Waals surface area contributed by atoms with Gasteiger partial charge in [0.25, 0.3) is 10.1 Å². The van der Waals surface area contributed by atoms with Crippen LogP contribution in [0.4, 0.5) is 22.0 Å². The molecular weight excluding hydrogens is 951 g/mol. The summed E-state index contributed by atoms with van der Waals surface area (Å²) >= 11 is 0. The van der Waals surface area contributed by atoms with Gasteiger partial charge in [0.05, 0.1) is 29.2 Å². The summed E-state index contributed by atoms with van der Waals surface area (Å²) in [6, 6.07) is 28.9. The number of halogens is 5. The van der Waals surface area contributed by atoms with Crippen molar-refractivity contribution in [3.63, 3.8) is 0 Å². The Balaban J connectivity index is 0.000000291. The summed E-state index contributed by atoms with van der Waals surface area (Å²) in [5, 5.41) is 25.7. The molecule has 1 aliphatic heterocycles. The van der Waals surface area contributed by atoms with Crippen LogP contribution in [0.2, 0.25) is 0 Å². The molecule has 71 heavy (non-hydrogen) atoms. The zero-order chi connectivity index (χ0) is 49.3. The van der Waals surface area contributed by atoms with Crippen molar-refractivity contribution in [1.29, 1.82) is 0 Å². The van der Waals surface area contributed by atoms with Crippen molar-refractivity contribution in [3.8, 4) is 0 Å². The molecule has 3 radical (unpaired) electrons. The van der Waals surface area contributed by atoms with E-state index in [1.807, 2.05) is 31.2 Å². The van der Waals surface area contributed by atoms with E-state index < -0.39 is 16.2 Å². The van der Waals surface area contributed by atoms with Crippen LogP contribution in [-0.2, 0) is 47.0 Å². The largest absolute Gasteiger partial charge is 1.00 e. The number of benzene rings is 6. The number of fused-ring (bicyclic) bond motifs is 7. The Morgan fingerprint density at radius 3 is 1.76 bits per heavy atom. The minimum Gasteiger partial charge on any atom is -1.00 e. The molecule has 5 atom stereocenters. The number of epoxide rings is 1.